The van der Waals surface area contributed by atoms with E-state index in [1.165, 1.54) is 11.0 Å². The number of hydrogen-bond donors (Lipinski definition) is 1. The van der Waals surface area contributed by atoms with Gasteiger partial charge in [-0.1, -0.05) is 0 Å². The molecule has 0 spiro atoms. The fourth-order valence-corrected chi connectivity index (χ4v) is 1.59. The first-order valence-electron chi connectivity index (χ1n) is 6.01. The highest BCUT2D eigenvalue weighted by Crippen LogP contribution is 2.32. The Hall–Kier alpha value is -1.72. The van der Waals surface area contributed by atoms with Crippen molar-refractivity contribution in [3.05, 3.63) is 29.3 Å². The lowest BCUT2D eigenvalue weighted by Crippen LogP contribution is -2.27. The minimum Gasteiger partial charge on any atom is -0.385 e. The normalized spacial score (nSPS) is 11.3. The number of rotatable bonds is 4. The zero-order chi connectivity index (χ0) is 14.6. The van der Waals surface area contributed by atoms with E-state index in [4.69, 9.17) is 0 Å². The molecule has 3 nitrogen and oxygen atoms in total. The van der Waals surface area contributed by atoms with Gasteiger partial charge in [-0.25, -0.2) is 0 Å². The van der Waals surface area contributed by atoms with Crippen LogP contribution in [0.2, 0.25) is 0 Å². The monoisotopic (exact) mass is 274 g/mol. The van der Waals surface area contributed by atoms with Crippen LogP contribution in [-0.4, -0.2) is 30.9 Å². The average molecular weight is 274 g/mol. The van der Waals surface area contributed by atoms with Gasteiger partial charge in [0.1, 0.15) is 0 Å². The number of nitrogens with one attached hydrogen (secondary N) is 1. The van der Waals surface area contributed by atoms with E-state index in [-0.39, 0.29) is 5.56 Å². The second-order valence-corrected chi connectivity index (χ2v) is 4.11. The minimum absolute atomic E-state index is 0.0426. The Bertz CT molecular complexity index is 458. The van der Waals surface area contributed by atoms with Crippen LogP contribution in [0, 0.1) is 0 Å². The molecule has 0 aromatic heterocycles. The predicted molar refractivity (Wildman–Crippen MR) is 68.2 cm³/mol. The Morgan fingerprint density at radius 3 is 2.42 bits per heavy atom. The van der Waals surface area contributed by atoms with Crippen LogP contribution in [0.3, 0.4) is 0 Å². The smallest absolute Gasteiger partial charge is 0.385 e. The topological polar surface area (TPSA) is 32.3 Å². The fraction of sp³-hybridized carbons (Fsp3) is 0.462. The van der Waals surface area contributed by atoms with Gasteiger partial charge in [0.2, 0.25) is 0 Å². The third kappa shape index (κ3) is 3.62. The van der Waals surface area contributed by atoms with Gasteiger partial charge < -0.3 is 10.2 Å². The van der Waals surface area contributed by atoms with Gasteiger partial charge in [-0.2, -0.15) is 13.2 Å². The van der Waals surface area contributed by atoms with E-state index in [1.807, 2.05) is 6.92 Å². The molecule has 0 heterocycles. The summed E-state index contributed by atoms with van der Waals surface area (Å²) >= 11 is 0. The Morgan fingerprint density at radius 1 is 1.32 bits per heavy atom. The molecule has 0 saturated carbocycles. The lowest BCUT2D eigenvalue weighted by Gasteiger charge is -2.19. The van der Waals surface area contributed by atoms with E-state index >= 15 is 0 Å². The van der Waals surface area contributed by atoms with Crippen LogP contribution in [0.1, 0.15) is 29.8 Å². The lowest BCUT2D eigenvalue weighted by molar-refractivity contribution is -0.137. The summed E-state index contributed by atoms with van der Waals surface area (Å²) in [6.07, 6.45) is -4.45. The number of nitrogens with zero attached hydrogens (tertiary/aromatic N) is 1. The number of carbonyl (C=O) groups is 1. The molecule has 1 aromatic rings. The van der Waals surface area contributed by atoms with Gasteiger partial charge >= 0.3 is 6.18 Å². The second-order valence-electron chi connectivity index (χ2n) is 4.11. The number of alkyl halides is 3. The Balaban J connectivity index is 3.27. The first-order chi connectivity index (χ1) is 8.81. The van der Waals surface area contributed by atoms with Gasteiger partial charge in [0.15, 0.2) is 0 Å². The highest BCUT2D eigenvalue weighted by molar-refractivity contribution is 5.99. The van der Waals surface area contributed by atoms with Gasteiger partial charge in [0, 0.05) is 25.8 Å². The Labute approximate surface area is 110 Å². The molecule has 0 bridgehead atoms. The van der Waals surface area contributed by atoms with E-state index in [9.17, 15) is 18.0 Å². The molecule has 1 aromatic carbocycles. The van der Waals surface area contributed by atoms with Gasteiger partial charge in [-0.15, -0.1) is 0 Å². The molecule has 0 unspecified atom stereocenters. The first kappa shape index (κ1) is 15.3. The Kier molecular flexibility index (Phi) is 4.80. The zero-order valence-corrected chi connectivity index (χ0v) is 11.1. The summed E-state index contributed by atoms with van der Waals surface area (Å²) in [7, 11) is 1.55. The van der Waals surface area contributed by atoms with Crippen LogP contribution in [-0.2, 0) is 6.18 Å². The number of carbonyl (C=O) groups excluding carboxylic acids is 1. The summed E-state index contributed by atoms with van der Waals surface area (Å²) in [6, 6.07) is 3.16. The molecule has 0 aliphatic carbocycles. The zero-order valence-electron chi connectivity index (χ0n) is 11.1. The van der Waals surface area contributed by atoms with Gasteiger partial charge in [0.05, 0.1) is 11.1 Å². The maximum atomic E-state index is 12.7. The van der Waals surface area contributed by atoms with Crippen molar-refractivity contribution >= 4 is 11.6 Å². The van der Waals surface area contributed by atoms with Crippen molar-refractivity contribution in [2.75, 3.05) is 25.5 Å². The number of amides is 1. The Morgan fingerprint density at radius 2 is 1.95 bits per heavy atom. The third-order valence-electron chi connectivity index (χ3n) is 2.77. The van der Waals surface area contributed by atoms with Crippen LogP contribution in [0.25, 0.3) is 0 Å². The third-order valence-corrected chi connectivity index (χ3v) is 2.77. The second kappa shape index (κ2) is 5.95. The average Bonchev–Trinajstić information content (AvgIpc) is 2.36. The summed E-state index contributed by atoms with van der Waals surface area (Å²) in [5, 5.41) is 2.90. The van der Waals surface area contributed by atoms with E-state index < -0.39 is 17.6 Å². The molecule has 0 atom stereocenters. The summed E-state index contributed by atoms with van der Waals surface area (Å²) in [5.41, 5.74) is -0.358. The molecule has 0 aliphatic heterocycles. The highest BCUT2D eigenvalue weighted by Gasteiger charge is 2.32. The molecule has 106 valence electrons. The number of hydrogen-bond acceptors (Lipinski definition) is 2. The van der Waals surface area contributed by atoms with E-state index in [1.54, 1.807) is 14.0 Å². The number of halogens is 3. The van der Waals surface area contributed by atoms with Crippen LogP contribution >= 0.6 is 0 Å². The van der Waals surface area contributed by atoms with Crippen molar-refractivity contribution in [2.24, 2.45) is 0 Å². The molecule has 1 rings (SSSR count). The van der Waals surface area contributed by atoms with Crippen LogP contribution < -0.4 is 5.32 Å². The number of anilines is 1. The summed E-state index contributed by atoms with van der Waals surface area (Å²) in [5.74, 6) is -0.426. The highest BCUT2D eigenvalue weighted by atomic mass is 19.4. The van der Waals surface area contributed by atoms with Gasteiger partial charge in [-0.05, 0) is 32.0 Å². The molecule has 0 radical (unpaired) electrons. The lowest BCUT2D eigenvalue weighted by atomic mass is 10.1. The maximum absolute atomic E-state index is 12.7. The van der Waals surface area contributed by atoms with E-state index in [2.05, 4.69) is 5.32 Å². The van der Waals surface area contributed by atoms with Crippen molar-refractivity contribution < 1.29 is 18.0 Å². The molecule has 1 N–H and O–H groups in total. The SMILES string of the molecule is CCNc1ccc(C(F)(F)F)cc1C(=O)N(C)CC. The molecule has 6 heteroatoms. The van der Waals surface area contributed by atoms with E-state index in [0.29, 0.717) is 18.8 Å². The summed E-state index contributed by atoms with van der Waals surface area (Å²) < 4.78 is 38.1. The molecule has 0 aliphatic rings. The molecule has 0 fully saturated rings. The predicted octanol–water partition coefficient (Wildman–Crippen LogP) is 3.23. The summed E-state index contributed by atoms with van der Waals surface area (Å²) in [4.78, 5) is 13.4. The van der Waals surface area contributed by atoms with Crippen molar-refractivity contribution in [3.63, 3.8) is 0 Å². The first-order valence-corrected chi connectivity index (χ1v) is 6.01. The minimum atomic E-state index is -4.45. The van der Waals surface area contributed by atoms with Gasteiger partial charge in [0.25, 0.3) is 5.91 Å². The van der Waals surface area contributed by atoms with E-state index in [0.717, 1.165) is 12.1 Å². The van der Waals surface area contributed by atoms with Crippen LogP contribution in [0.15, 0.2) is 18.2 Å². The molecule has 0 saturated heterocycles. The van der Waals surface area contributed by atoms with Crippen LogP contribution in [0.4, 0.5) is 18.9 Å². The maximum Gasteiger partial charge on any atom is 0.416 e. The van der Waals surface area contributed by atoms with Gasteiger partial charge in [-0.3, -0.25) is 4.79 Å². The standard InChI is InChI=1S/C13H17F3N2O/c1-4-17-11-7-6-9(13(14,15)16)8-10(11)12(19)18(3)5-2/h6-8,17H,4-5H2,1-3H3. The fourth-order valence-electron chi connectivity index (χ4n) is 1.59. The molecular weight excluding hydrogens is 257 g/mol. The molecule has 1 amide bonds. The molecular formula is C13H17F3N2O. The van der Waals surface area contributed by atoms with Crippen molar-refractivity contribution in [1.82, 2.24) is 4.90 Å². The van der Waals surface area contributed by atoms with Crippen molar-refractivity contribution in [3.8, 4) is 0 Å². The molecule has 19 heavy (non-hydrogen) atoms. The largest absolute Gasteiger partial charge is 0.416 e. The number of benzene rings is 1. The summed E-state index contributed by atoms with van der Waals surface area (Å²) in [6.45, 7) is 4.54. The van der Waals surface area contributed by atoms with Crippen LogP contribution in [0.5, 0.6) is 0 Å². The van der Waals surface area contributed by atoms with Crippen molar-refractivity contribution in [2.45, 2.75) is 20.0 Å². The quantitative estimate of drug-likeness (QED) is 0.914. The van der Waals surface area contributed by atoms with Crippen molar-refractivity contribution in [1.29, 1.82) is 0 Å².